The van der Waals surface area contributed by atoms with Gasteiger partial charge in [-0.25, -0.2) is 0 Å². The molecule has 0 bridgehead atoms. The fourth-order valence-corrected chi connectivity index (χ4v) is 1.56. The molecule has 0 aromatic rings. The standard InChI is InChI=1S/C10H18N2O/c1-8-3-5-10(2,6-4-8)12-9(13)7-11/h3,5,8H,4,6-7,11H2,1-2H3,(H,12,13). The molecule has 3 N–H and O–H groups in total. The van der Waals surface area contributed by atoms with Crippen LogP contribution in [0.25, 0.3) is 0 Å². The van der Waals surface area contributed by atoms with E-state index in [-0.39, 0.29) is 18.0 Å². The van der Waals surface area contributed by atoms with E-state index in [1.165, 1.54) is 0 Å². The number of nitrogens with two attached hydrogens (primary N) is 1. The number of nitrogens with one attached hydrogen (secondary N) is 1. The zero-order valence-electron chi connectivity index (χ0n) is 8.34. The Morgan fingerprint density at radius 2 is 2.46 bits per heavy atom. The van der Waals surface area contributed by atoms with Crippen molar-refractivity contribution in [2.24, 2.45) is 11.7 Å². The van der Waals surface area contributed by atoms with Gasteiger partial charge >= 0.3 is 0 Å². The number of hydrogen-bond acceptors (Lipinski definition) is 2. The topological polar surface area (TPSA) is 55.1 Å². The van der Waals surface area contributed by atoms with E-state index < -0.39 is 0 Å². The van der Waals surface area contributed by atoms with Gasteiger partial charge in [-0.3, -0.25) is 4.79 Å². The Balaban J connectivity index is 2.57. The van der Waals surface area contributed by atoms with E-state index in [1.807, 2.05) is 6.92 Å². The van der Waals surface area contributed by atoms with Gasteiger partial charge in [0.1, 0.15) is 0 Å². The molecule has 1 aliphatic carbocycles. The Labute approximate surface area is 79.4 Å². The van der Waals surface area contributed by atoms with Crippen LogP contribution in [0.15, 0.2) is 12.2 Å². The van der Waals surface area contributed by atoms with Crippen molar-refractivity contribution in [2.75, 3.05) is 6.54 Å². The minimum atomic E-state index is -0.178. The molecular weight excluding hydrogens is 164 g/mol. The van der Waals surface area contributed by atoms with Crippen LogP contribution >= 0.6 is 0 Å². The molecule has 74 valence electrons. The number of rotatable bonds is 2. The first-order valence-electron chi connectivity index (χ1n) is 4.76. The Bertz CT molecular complexity index is 225. The average Bonchev–Trinajstić information content (AvgIpc) is 2.10. The van der Waals surface area contributed by atoms with Gasteiger partial charge in [0.2, 0.25) is 5.91 Å². The van der Waals surface area contributed by atoms with Crippen LogP contribution in [-0.4, -0.2) is 18.0 Å². The van der Waals surface area contributed by atoms with Crippen molar-refractivity contribution in [3.8, 4) is 0 Å². The summed E-state index contributed by atoms with van der Waals surface area (Å²) in [5.41, 5.74) is 5.06. The first-order chi connectivity index (χ1) is 6.06. The molecule has 3 heteroatoms. The predicted molar refractivity (Wildman–Crippen MR) is 53.1 cm³/mol. The van der Waals surface area contributed by atoms with Crippen molar-refractivity contribution in [3.63, 3.8) is 0 Å². The van der Waals surface area contributed by atoms with E-state index in [4.69, 9.17) is 5.73 Å². The second-order valence-electron chi connectivity index (χ2n) is 4.04. The normalized spacial score (nSPS) is 33.0. The van der Waals surface area contributed by atoms with E-state index in [9.17, 15) is 4.79 Å². The van der Waals surface area contributed by atoms with Crippen LogP contribution in [0.2, 0.25) is 0 Å². The number of allylic oxidation sites excluding steroid dienone is 1. The molecule has 0 aromatic carbocycles. The number of carbonyl (C=O) groups is 1. The molecule has 0 radical (unpaired) electrons. The Kier molecular flexibility index (Phi) is 3.09. The quantitative estimate of drug-likeness (QED) is 0.621. The fraction of sp³-hybridized carbons (Fsp3) is 0.700. The van der Waals surface area contributed by atoms with Gasteiger partial charge in [0.25, 0.3) is 0 Å². The van der Waals surface area contributed by atoms with Crippen molar-refractivity contribution in [1.29, 1.82) is 0 Å². The second-order valence-corrected chi connectivity index (χ2v) is 4.04. The first kappa shape index (κ1) is 10.3. The molecule has 0 fully saturated rings. The molecule has 13 heavy (non-hydrogen) atoms. The van der Waals surface area contributed by atoms with Crippen LogP contribution in [0.3, 0.4) is 0 Å². The summed E-state index contributed by atoms with van der Waals surface area (Å²) in [6, 6.07) is 0. The summed E-state index contributed by atoms with van der Waals surface area (Å²) >= 11 is 0. The largest absolute Gasteiger partial charge is 0.346 e. The van der Waals surface area contributed by atoms with Crippen molar-refractivity contribution in [3.05, 3.63) is 12.2 Å². The Morgan fingerprint density at radius 3 is 2.92 bits per heavy atom. The Hall–Kier alpha value is -0.830. The average molecular weight is 182 g/mol. The predicted octanol–water partition coefficient (Wildman–Crippen LogP) is 0.806. The highest BCUT2D eigenvalue weighted by molar-refractivity contribution is 5.78. The molecule has 1 amide bonds. The zero-order valence-corrected chi connectivity index (χ0v) is 8.34. The van der Waals surface area contributed by atoms with Gasteiger partial charge in [0.15, 0.2) is 0 Å². The zero-order chi connectivity index (χ0) is 9.90. The smallest absolute Gasteiger partial charge is 0.234 e. The maximum atomic E-state index is 11.1. The third-order valence-corrected chi connectivity index (χ3v) is 2.52. The lowest BCUT2D eigenvalue weighted by Crippen LogP contribution is -2.48. The van der Waals surface area contributed by atoms with E-state index in [1.54, 1.807) is 0 Å². The molecule has 0 heterocycles. The molecule has 0 saturated heterocycles. The first-order valence-corrected chi connectivity index (χ1v) is 4.76. The third kappa shape index (κ3) is 2.84. The highest BCUT2D eigenvalue weighted by Gasteiger charge is 2.25. The van der Waals surface area contributed by atoms with E-state index >= 15 is 0 Å². The lowest BCUT2D eigenvalue weighted by Gasteiger charge is -2.32. The second kappa shape index (κ2) is 3.92. The van der Waals surface area contributed by atoms with Crippen LogP contribution in [0, 0.1) is 5.92 Å². The van der Waals surface area contributed by atoms with Gasteiger partial charge in [0.05, 0.1) is 12.1 Å². The van der Waals surface area contributed by atoms with Gasteiger partial charge in [-0.15, -0.1) is 0 Å². The number of hydrogen-bond donors (Lipinski definition) is 2. The summed E-state index contributed by atoms with van der Waals surface area (Å²) in [6.45, 7) is 4.28. The third-order valence-electron chi connectivity index (χ3n) is 2.52. The molecular formula is C10H18N2O. The highest BCUT2D eigenvalue weighted by atomic mass is 16.1. The van der Waals surface area contributed by atoms with Crippen molar-refractivity contribution >= 4 is 5.91 Å². The van der Waals surface area contributed by atoms with Crippen LogP contribution in [0.1, 0.15) is 26.7 Å². The lowest BCUT2D eigenvalue weighted by molar-refractivity contribution is -0.121. The summed E-state index contributed by atoms with van der Waals surface area (Å²) in [6.07, 6.45) is 6.35. The van der Waals surface area contributed by atoms with Crippen LogP contribution in [0.4, 0.5) is 0 Å². The molecule has 0 spiro atoms. The summed E-state index contributed by atoms with van der Waals surface area (Å²) in [5, 5.41) is 2.91. The molecule has 0 saturated carbocycles. The summed E-state index contributed by atoms with van der Waals surface area (Å²) in [5.74, 6) is 0.546. The van der Waals surface area contributed by atoms with E-state index in [0.29, 0.717) is 5.92 Å². The van der Waals surface area contributed by atoms with Crippen molar-refractivity contribution in [1.82, 2.24) is 5.32 Å². The van der Waals surface area contributed by atoms with Gasteiger partial charge in [0, 0.05) is 0 Å². The van der Waals surface area contributed by atoms with Crippen molar-refractivity contribution in [2.45, 2.75) is 32.2 Å². The maximum absolute atomic E-state index is 11.1. The minimum Gasteiger partial charge on any atom is -0.346 e. The molecule has 0 aliphatic heterocycles. The summed E-state index contributed by atoms with van der Waals surface area (Å²) in [4.78, 5) is 11.1. The van der Waals surface area contributed by atoms with Crippen LogP contribution in [0.5, 0.6) is 0 Å². The summed E-state index contributed by atoms with van der Waals surface area (Å²) in [7, 11) is 0. The van der Waals surface area contributed by atoms with E-state index in [2.05, 4.69) is 24.4 Å². The van der Waals surface area contributed by atoms with Gasteiger partial charge in [-0.1, -0.05) is 19.1 Å². The molecule has 1 rings (SSSR count). The maximum Gasteiger partial charge on any atom is 0.234 e. The van der Waals surface area contributed by atoms with Gasteiger partial charge < -0.3 is 11.1 Å². The fourth-order valence-electron chi connectivity index (χ4n) is 1.56. The van der Waals surface area contributed by atoms with Gasteiger partial charge in [-0.05, 0) is 25.7 Å². The molecule has 3 nitrogen and oxygen atoms in total. The SMILES string of the molecule is CC1C=CC(C)(NC(=O)CN)CC1. The monoisotopic (exact) mass is 182 g/mol. The highest BCUT2D eigenvalue weighted by Crippen LogP contribution is 2.24. The molecule has 2 unspecified atom stereocenters. The lowest BCUT2D eigenvalue weighted by atomic mass is 9.85. The van der Waals surface area contributed by atoms with E-state index in [0.717, 1.165) is 12.8 Å². The molecule has 0 aromatic heterocycles. The van der Waals surface area contributed by atoms with Crippen LogP contribution in [-0.2, 0) is 4.79 Å². The van der Waals surface area contributed by atoms with Gasteiger partial charge in [-0.2, -0.15) is 0 Å². The minimum absolute atomic E-state index is 0.0684. The number of carbonyl (C=O) groups excluding carboxylic acids is 1. The van der Waals surface area contributed by atoms with Crippen LogP contribution < -0.4 is 11.1 Å². The van der Waals surface area contributed by atoms with Crippen molar-refractivity contribution < 1.29 is 4.79 Å². The molecule has 1 aliphatic rings. The number of amides is 1. The molecule has 2 atom stereocenters. The summed E-state index contributed by atoms with van der Waals surface area (Å²) < 4.78 is 0. The Morgan fingerprint density at radius 1 is 1.77 bits per heavy atom.